The maximum atomic E-state index is 2.49. The fraction of sp³-hybridized carbons (Fsp3) is 0. The van der Waals surface area contributed by atoms with Crippen molar-refractivity contribution in [2.45, 2.75) is 0 Å². The molecule has 0 fully saturated rings. The Kier molecular flexibility index (Phi) is 5.39. The molecule has 0 aliphatic rings. The zero-order valence-electron chi connectivity index (χ0n) is 24.2. The first-order chi connectivity index (χ1) is 22.3. The van der Waals surface area contributed by atoms with Crippen LogP contribution in [0.1, 0.15) is 0 Å². The standard InChI is InChI=1S/C42H25NS2/c1-4-12-31-26(9-1)17-20-36-30-11-3-2-10-27(30)23-37(42(31)36)43(28-18-21-34-32-13-5-7-15-38(32)44-40(34)24-28)29-19-22-35-33-14-6-8-16-39(33)45-41(35)25-29/h1-25H. The van der Waals surface area contributed by atoms with E-state index in [1.165, 1.54) is 89.7 Å². The molecular formula is C42H25NS2. The van der Waals surface area contributed by atoms with Crippen LogP contribution in [0.5, 0.6) is 0 Å². The first kappa shape index (κ1) is 25.1. The van der Waals surface area contributed by atoms with E-state index in [0.717, 1.165) is 0 Å². The van der Waals surface area contributed by atoms with E-state index in [0.29, 0.717) is 0 Å². The van der Waals surface area contributed by atoms with Crippen molar-refractivity contribution in [2.75, 3.05) is 4.90 Å². The molecule has 45 heavy (non-hydrogen) atoms. The Labute approximate surface area is 267 Å². The van der Waals surface area contributed by atoms with Crippen molar-refractivity contribution in [3.63, 3.8) is 0 Å². The molecular weight excluding hydrogens is 583 g/mol. The first-order valence-corrected chi connectivity index (χ1v) is 16.9. The maximum Gasteiger partial charge on any atom is 0.0552 e. The summed E-state index contributed by atoms with van der Waals surface area (Å²) in [5, 5.41) is 12.9. The zero-order valence-corrected chi connectivity index (χ0v) is 25.8. The van der Waals surface area contributed by atoms with Gasteiger partial charge in [-0.3, -0.25) is 0 Å². The van der Waals surface area contributed by atoms with E-state index >= 15 is 0 Å². The topological polar surface area (TPSA) is 3.24 Å². The molecule has 1 nitrogen and oxygen atoms in total. The number of anilines is 3. The third-order valence-corrected chi connectivity index (χ3v) is 11.5. The number of nitrogens with zero attached hydrogens (tertiary/aromatic N) is 1. The van der Waals surface area contributed by atoms with Gasteiger partial charge in [0.2, 0.25) is 0 Å². The quantitative estimate of drug-likeness (QED) is 0.181. The summed E-state index contributed by atoms with van der Waals surface area (Å²) >= 11 is 3.75. The minimum Gasteiger partial charge on any atom is -0.310 e. The lowest BCUT2D eigenvalue weighted by Gasteiger charge is -2.28. The van der Waals surface area contributed by atoms with Gasteiger partial charge in [0.25, 0.3) is 0 Å². The molecule has 0 aliphatic carbocycles. The summed E-state index contributed by atoms with van der Waals surface area (Å²) in [6, 6.07) is 56.1. The Bertz CT molecular complexity index is 2670. The van der Waals surface area contributed by atoms with Crippen LogP contribution in [0.4, 0.5) is 17.1 Å². The molecule has 2 heterocycles. The lowest BCUT2D eigenvalue weighted by molar-refractivity contribution is 1.32. The van der Waals surface area contributed by atoms with Crippen LogP contribution in [0.3, 0.4) is 0 Å². The van der Waals surface area contributed by atoms with Crippen LogP contribution in [0.2, 0.25) is 0 Å². The molecule has 10 rings (SSSR count). The molecule has 0 aliphatic heterocycles. The van der Waals surface area contributed by atoms with Gasteiger partial charge in [0.05, 0.1) is 5.69 Å². The summed E-state index contributed by atoms with van der Waals surface area (Å²) in [5.41, 5.74) is 3.53. The van der Waals surface area contributed by atoms with Gasteiger partial charge in [0, 0.05) is 57.1 Å². The molecule has 210 valence electrons. The van der Waals surface area contributed by atoms with E-state index in [9.17, 15) is 0 Å². The van der Waals surface area contributed by atoms with E-state index in [1.54, 1.807) is 0 Å². The van der Waals surface area contributed by atoms with Crippen LogP contribution >= 0.6 is 22.7 Å². The number of rotatable bonds is 3. The van der Waals surface area contributed by atoms with Crippen LogP contribution in [0.15, 0.2) is 152 Å². The molecule has 0 saturated carbocycles. The Hall–Kier alpha value is -5.22. The second-order valence-corrected chi connectivity index (χ2v) is 13.9. The second kappa shape index (κ2) is 9.64. The monoisotopic (exact) mass is 607 g/mol. The van der Waals surface area contributed by atoms with Crippen LogP contribution in [0, 0.1) is 0 Å². The van der Waals surface area contributed by atoms with E-state index in [2.05, 4.69) is 157 Å². The molecule has 0 spiro atoms. The molecule has 2 aromatic heterocycles. The fourth-order valence-corrected chi connectivity index (χ4v) is 9.45. The summed E-state index contributed by atoms with van der Waals surface area (Å²) < 4.78 is 5.25. The van der Waals surface area contributed by atoms with Gasteiger partial charge < -0.3 is 4.90 Å². The van der Waals surface area contributed by atoms with Crippen LogP contribution < -0.4 is 4.90 Å². The molecule has 0 unspecified atom stereocenters. The fourth-order valence-electron chi connectivity index (χ4n) is 7.17. The summed E-state index contributed by atoms with van der Waals surface area (Å²) in [5.74, 6) is 0. The Morgan fingerprint density at radius 1 is 0.333 bits per heavy atom. The smallest absolute Gasteiger partial charge is 0.0552 e. The van der Waals surface area contributed by atoms with Gasteiger partial charge in [-0.05, 0) is 69.4 Å². The third-order valence-electron chi connectivity index (χ3n) is 9.21. The zero-order chi connectivity index (χ0) is 29.5. The van der Waals surface area contributed by atoms with Crippen molar-refractivity contribution in [1.29, 1.82) is 0 Å². The Morgan fingerprint density at radius 3 is 1.47 bits per heavy atom. The van der Waals surface area contributed by atoms with E-state index in [-0.39, 0.29) is 0 Å². The molecule has 10 aromatic rings. The van der Waals surface area contributed by atoms with Gasteiger partial charge in [-0.2, -0.15) is 0 Å². The molecule has 0 radical (unpaired) electrons. The number of hydrogen-bond acceptors (Lipinski definition) is 3. The average Bonchev–Trinajstić information content (AvgIpc) is 3.65. The highest BCUT2D eigenvalue weighted by molar-refractivity contribution is 7.26. The van der Waals surface area contributed by atoms with Crippen molar-refractivity contribution in [1.82, 2.24) is 0 Å². The van der Waals surface area contributed by atoms with Gasteiger partial charge in [0.15, 0.2) is 0 Å². The SMILES string of the molecule is c1ccc2c(c1)cc(N(c1ccc3c(c1)sc1ccccc13)c1ccc3c(c1)sc1ccccc13)c1c3ccccc3ccc21. The van der Waals surface area contributed by atoms with Crippen molar-refractivity contribution in [3.05, 3.63) is 152 Å². The normalized spacial score (nSPS) is 12.0. The number of thiophene rings is 2. The van der Waals surface area contributed by atoms with Gasteiger partial charge in [-0.15, -0.1) is 22.7 Å². The van der Waals surface area contributed by atoms with Crippen LogP contribution in [-0.2, 0) is 0 Å². The van der Waals surface area contributed by atoms with Gasteiger partial charge in [-0.1, -0.05) is 109 Å². The Balaban J connectivity index is 1.33. The minimum absolute atomic E-state index is 1.17. The maximum absolute atomic E-state index is 2.49. The molecule has 0 bridgehead atoms. The van der Waals surface area contributed by atoms with Crippen molar-refractivity contribution < 1.29 is 0 Å². The predicted molar refractivity (Wildman–Crippen MR) is 199 cm³/mol. The molecule has 8 aromatic carbocycles. The van der Waals surface area contributed by atoms with Crippen molar-refractivity contribution in [2.24, 2.45) is 0 Å². The van der Waals surface area contributed by atoms with Gasteiger partial charge in [-0.25, -0.2) is 0 Å². The highest BCUT2D eigenvalue weighted by atomic mass is 32.1. The third kappa shape index (κ3) is 3.78. The van der Waals surface area contributed by atoms with Crippen molar-refractivity contribution in [3.8, 4) is 0 Å². The molecule has 0 N–H and O–H groups in total. The summed E-state index contributed by atoms with van der Waals surface area (Å²) in [6.07, 6.45) is 0. The number of fused-ring (bicyclic) bond motifs is 11. The van der Waals surface area contributed by atoms with E-state index in [4.69, 9.17) is 0 Å². The largest absolute Gasteiger partial charge is 0.310 e. The van der Waals surface area contributed by atoms with Crippen LogP contribution in [0.25, 0.3) is 72.7 Å². The molecule has 3 heteroatoms. The average molecular weight is 608 g/mol. The second-order valence-electron chi connectivity index (χ2n) is 11.7. The van der Waals surface area contributed by atoms with Crippen molar-refractivity contribution >= 4 is 112 Å². The highest BCUT2D eigenvalue weighted by Crippen LogP contribution is 2.47. The van der Waals surface area contributed by atoms with Crippen LogP contribution in [-0.4, -0.2) is 0 Å². The molecule has 0 saturated heterocycles. The minimum atomic E-state index is 1.17. The van der Waals surface area contributed by atoms with E-state index < -0.39 is 0 Å². The summed E-state index contributed by atoms with van der Waals surface area (Å²) in [7, 11) is 0. The highest BCUT2D eigenvalue weighted by Gasteiger charge is 2.21. The number of hydrogen-bond donors (Lipinski definition) is 0. The molecule has 0 atom stereocenters. The lowest BCUT2D eigenvalue weighted by atomic mass is 9.94. The summed E-state index contributed by atoms with van der Waals surface area (Å²) in [4.78, 5) is 2.49. The Morgan fingerprint density at radius 2 is 0.822 bits per heavy atom. The first-order valence-electron chi connectivity index (χ1n) is 15.3. The van der Waals surface area contributed by atoms with E-state index in [1.807, 2.05) is 22.7 Å². The lowest BCUT2D eigenvalue weighted by Crippen LogP contribution is -2.10. The van der Waals surface area contributed by atoms with Gasteiger partial charge >= 0.3 is 0 Å². The van der Waals surface area contributed by atoms with Gasteiger partial charge in [0.1, 0.15) is 0 Å². The molecule has 0 amide bonds. The summed E-state index contributed by atoms with van der Waals surface area (Å²) in [6.45, 7) is 0. The predicted octanol–water partition coefficient (Wildman–Crippen LogP) is 13.4. The number of benzene rings is 8.